The third-order valence-corrected chi connectivity index (χ3v) is 7.63. The summed E-state index contributed by atoms with van der Waals surface area (Å²) in [4.78, 5) is 53.6. The number of carbonyl (C=O) groups is 3. The molecule has 10 nitrogen and oxygen atoms in total. The number of thioether (sulfide) groups is 1. The molecule has 11 heteroatoms. The third kappa shape index (κ3) is 7.58. The highest BCUT2D eigenvalue weighted by Crippen LogP contribution is 2.27. The number of fused-ring (bicyclic) bond motifs is 1. The molecule has 0 aliphatic carbocycles. The Morgan fingerprint density at radius 2 is 1.61 bits per heavy atom. The fraction of sp³-hybridized carbons (Fsp3) is 0.0606. The lowest BCUT2D eigenvalue weighted by Gasteiger charge is -2.14. The van der Waals surface area contributed by atoms with Gasteiger partial charge >= 0.3 is 0 Å². The molecule has 0 aliphatic rings. The molecule has 4 N–H and O–H groups in total. The number of rotatable bonds is 10. The summed E-state index contributed by atoms with van der Waals surface area (Å²) in [6.07, 6.45) is 3.28. The number of carbonyl (C=O) groups excluding carboxylic acids is 3. The van der Waals surface area contributed by atoms with E-state index in [2.05, 4.69) is 20.9 Å². The molecule has 5 rings (SSSR count). The van der Waals surface area contributed by atoms with Crippen molar-refractivity contribution in [2.24, 2.45) is 0 Å². The van der Waals surface area contributed by atoms with E-state index in [1.165, 1.54) is 42.1 Å². The number of anilines is 2. The SMILES string of the molecule is CC(Sc1cccc(NC(=O)/C(=C\c2ccc([N+](=O)[O-])cc2)NC(=O)c2ccccc2)c1)C(=O)Nc1ccc2cc[nH]c2c1. The Kier molecular flexibility index (Phi) is 9.16. The summed E-state index contributed by atoms with van der Waals surface area (Å²) in [6, 6.07) is 28.7. The van der Waals surface area contributed by atoms with Crippen molar-refractivity contribution in [2.75, 3.05) is 10.6 Å². The highest BCUT2D eigenvalue weighted by atomic mass is 32.2. The normalized spacial score (nSPS) is 11.9. The van der Waals surface area contributed by atoms with Crippen LogP contribution in [0.4, 0.5) is 17.1 Å². The van der Waals surface area contributed by atoms with E-state index >= 15 is 0 Å². The molecule has 0 saturated carbocycles. The number of nitrogens with one attached hydrogen (secondary N) is 4. The van der Waals surface area contributed by atoms with Crippen molar-refractivity contribution < 1.29 is 19.3 Å². The summed E-state index contributed by atoms with van der Waals surface area (Å²) in [5.41, 5.74) is 2.74. The maximum Gasteiger partial charge on any atom is 0.272 e. The smallest absolute Gasteiger partial charge is 0.272 e. The van der Waals surface area contributed by atoms with Crippen LogP contribution in [0.1, 0.15) is 22.8 Å². The summed E-state index contributed by atoms with van der Waals surface area (Å²) in [5.74, 6) is -1.26. The minimum atomic E-state index is -0.597. The maximum absolute atomic E-state index is 13.4. The average molecular weight is 606 g/mol. The van der Waals surface area contributed by atoms with Crippen LogP contribution in [0, 0.1) is 10.1 Å². The molecule has 1 aromatic heterocycles. The van der Waals surface area contributed by atoms with E-state index in [0.29, 0.717) is 22.5 Å². The predicted octanol–water partition coefficient (Wildman–Crippen LogP) is 6.61. The number of nitro groups is 1. The zero-order valence-corrected chi connectivity index (χ0v) is 24.3. The fourth-order valence-electron chi connectivity index (χ4n) is 4.27. The number of aromatic amines is 1. The summed E-state index contributed by atoms with van der Waals surface area (Å²) in [6.45, 7) is 1.79. The van der Waals surface area contributed by atoms with Gasteiger partial charge in [-0.1, -0.05) is 30.3 Å². The molecular weight excluding hydrogens is 578 g/mol. The quantitative estimate of drug-likeness (QED) is 0.0610. The van der Waals surface area contributed by atoms with Gasteiger partial charge in [0, 0.05) is 45.7 Å². The van der Waals surface area contributed by atoms with Crippen molar-refractivity contribution in [1.29, 1.82) is 0 Å². The van der Waals surface area contributed by atoms with E-state index in [0.717, 1.165) is 15.8 Å². The van der Waals surface area contributed by atoms with Gasteiger partial charge < -0.3 is 20.9 Å². The van der Waals surface area contributed by atoms with Crippen molar-refractivity contribution in [3.05, 3.63) is 136 Å². The van der Waals surface area contributed by atoms with E-state index in [1.54, 1.807) is 55.5 Å². The van der Waals surface area contributed by atoms with Gasteiger partial charge in [0.15, 0.2) is 0 Å². The highest BCUT2D eigenvalue weighted by molar-refractivity contribution is 8.00. The third-order valence-electron chi connectivity index (χ3n) is 6.54. The molecular formula is C33H27N5O5S. The Balaban J connectivity index is 1.29. The molecule has 0 fully saturated rings. The van der Waals surface area contributed by atoms with Gasteiger partial charge in [0.05, 0.1) is 10.2 Å². The monoisotopic (exact) mass is 605 g/mol. The second-order valence-electron chi connectivity index (χ2n) is 9.74. The van der Waals surface area contributed by atoms with Gasteiger partial charge in [-0.15, -0.1) is 11.8 Å². The van der Waals surface area contributed by atoms with E-state index in [9.17, 15) is 24.5 Å². The second kappa shape index (κ2) is 13.5. The number of hydrogen-bond donors (Lipinski definition) is 4. The lowest BCUT2D eigenvalue weighted by Crippen LogP contribution is -2.30. The first-order valence-corrected chi connectivity index (χ1v) is 14.4. The van der Waals surface area contributed by atoms with Crippen LogP contribution in [0.2, 0.25) is 0 Å². The van der Waals surface area contributed by atoms with Gasteiger partial charge in [0.25, 0.3) is 17.5 Å². The molecule has 44 heavy (non-hydrogen) atoms. The molecule has 1 atom stereocenters. The van der Waals surface area contributed by atoms with Crippen LogP contribution in [-0.2, 0) is 9.59 Å². The molecule has 3 amide bonds. The summed E-state index contributed by atoms with van der Waals surface area (Å²) in [7, 11) is 0. The number of nitro benzene ring substituents is 1. The van der Waals surface area contributed by atoms with Gasteiger partial charge in [-0.3, -0.25) is 24.5 Å². The zero-order chi connectivity index (χ0) is 31.1. The molecule has 0 bridgehead atoms. The molecule has 1 unspecified atom stereocenters. The van der Waals surface area contributed by atoms with E-state index in [1.807, 2.05) is 36.5 Å². The lowest BCUT2D eigenvalue weighted by molar-refractivity contribution is -0.384. The molecule has 0 spiro atoms. The molecule has 0 radical (unpaired) electrons. The zero-order valence-electron chi connectivity index (χ0n) is 23.4. The lowest BCUT2D eigenvalue weighted by atomic mass is 10.1. The largest absolute Gasteiger partial charge is 0.361 e. The van der Waals surface area contributed by atoms with E-state index in [-0.39, 0.29) is 17.3 Å². The fourth-order valence-corrected chi connectivity index (χ4v) is 5.20. The van der Waals surface area contributed by atoms with Gasteiger partial charge in [0.2, 0.25) is 5.91 Å². The van der Waals surface area contributed by atoms with E-state index in [4.69, 9.17) is 0 Å². The van der Waals surface area contributed by atoms with Crippen molar-refractivity contribution in [2.45, 2.75) is 17.1 Å². The second-order valence-corrected chi connectivity index (χ2v) is 11.2. The number of amides is 3. The molecule has 4 aromatic carbocycles. The first-order valence-electron chi connectivity index (χ1n) is 13.5. The van der Waals surface area contributed by atoms with Crippen LogP contribution in [0.25, 0.3) is 17.0 Å². The molecule has 5 aromatic rings. The average Bonchev–Trinajstić information content (AvgIpc) is 3.49. The van der Waals surface area contributed by atoms with Crippen molar-refractivity contribution in [1.82, 2.24) is 10.3 Å². The van der Waals surface area contributed by atoms with Gasteiger partial charge in [-0.25, -0.2) is 0 Å². The number of non-ortho nitro benzene ring substituents is 1. The molecule has 0 saturated heterocycles. The Labute approximate surface area is 256 Å². The minimum absolute atomic E-state index is 0.0578. The molecule has 220 valence electrons. The number of hydrogen-bond acceptors (Lipinski definition) is 6. The predicted molar refractivity (Wildman–Crippen MR) is 172 cm³/mol. The Morgan fingerprint density at radius 1 is 0.864 bits per heavy atom. The summed E-state index contributed by atoms with van der Waals surface area (Å²) >= 11 is 1.33. The number of benzene rings is 4. The van der Waals surface area contributed by atoms with Gasteiger partial charge in [-0.05, 0) is 84.6 Å². The van der Waals surface area contributed by atoms with Crippen LogP contribution in [-0.4, -0.2) is 32.9 Å². The summed E-state index contributed by atoms with van der Waals surface area (Å²) in [5, 5.41) is 20.0. The minimum Gasteiger partial charge on any atom is -0.361 e. The Hall–Kier alpha value is -5.68. The number of aromatic nitrogens is 1. The first-order chi connectivity index (χ1) is 21.2. The number of H-pyrrole nitrogens is 1. The topological polar surface area (TPSA) is 146 Å². The van der Waals surface area contributed by atoms with Crippen LogP contribution < -0.4 is 16.0 Å². The Morgan fingerprint density at radius 3 is 2.36 bits per heavy atom. The number of nitrogens with zero attached hydrogens (tertiary/aromatic N) is 1. The van der Waals surface area contributed by atoms with Crippen molar-refractivity contribution in [3.63, 3.8) is 0 Å². The highest BCUT2D eigenvalue weighted by Gasteiger charge is 2.18. The molecule has 1 heterocycles. The van der Waals surface area contributed by atoms with Crippen LogP contribution >= 0.6 is 11.8 Å². The van der Waals surface area contributed by atoms with Crippen molar-refractivity contribution >= 4 is 63.5 Å². The maximum atomic E-state index is 13.4. The van der Waals surface area contributed by atoms with Gasteiger partial charge in [-0.2, -0.15) is 0 Å². The summed E-state index contributed by atoms with van der Waals surface area (Å²) < 4.78 is 0. The van der Waals surface area contributed by atoms with Crippen LogP contribution in [0.15, 0.2) is 120 Å². The Bertz CT molecular complexity index is 1870. The van der Waals surface area contributed by atoms with Crippen LogP contribution in [0.5, 0.6) is 0 Å². The van der Waals surface area contributed by atoms with Crippen LogP contribution in [0.3, 0.4) is 0 Å². The standard InChI is InChI=1S/C33H27N5O5S/c1-21(31(39)35-26-13-12-23-16-17-34-29(23)20-26)44-28-9-5-8-25(19-28)36-33(41)30(37-32(40)24-6-3-2-4-7-24)18-22-10-14-27(15-11-22)38(42)43/h2-21,34H,1H3,(H,35,39)(H,36,41)(H,37,40)/b30-18+. The first kappa shape index (κ1) is 29.8. The van der Waals surface area contributed by atoms with Crippen molar-refractivity contribution in [3.8, 4) is 0 Å². The molecule has 0 aliphatic heterocycles. The van der Waals surface area contributed by atoms with Gasteiger partial charge in [0.1, 0.15) is 5.70 Å². The van der Waals surface area contributed by atoms with E-state index < -0.39 is 22.0 Å².